The third-order valence-electron chi connectivity index (χ3n) is 12.8. The molecule has 0 aliphatic rings. The molecule has 0 saturated carbocycles. The number of nitrogens with two attached hydrogens (primary N) is 3. The molecule has 0 unspecified atom stereocenters. The second-order valence-corrected chi connectivity index (χ2v) is 20.3. The van der Waals surface area contributed by atoms with Crippen LogP contribution >= 0.6 is 25.3 Å². The summed E-state index contributed by atoms with van der Waals surface area (Å²) in [5.41, 5.74) is 18.5. The van der Waals surface area contributed by atoms with Gasteiger partial charge >= 0.3 is 17.9 Å². The van der Waals surface area contributed by atoms with Gasteiger partial charge in [0.05, 0.1) is 6.04 Å². The van der Waals surface area contributed by atoms with E-state index < -0.39 is 170 Å². The molecule has 0 fully saturated rings. The van der Waals surface area contributed by atoms with E-state index in [4.69, 9.17) is 17.2 Å². The van der Waals surface area contributed by atoms with Gasteiger partial charge in [-0.3, -0.25) is 52.7 Å². The van der Waals surface area contributed by atoms with E-state index >= 15 is 0 Å². The minimum Gasteiger partial charge on any atom is -0.508 e. The summed E-state index contributed by atoms with van der Waals surface area (Å²) in [5, 5.41) is 77.5. The Labute approximate surface area is 498 Å². The van der Waals surface area contributed by atoms with E-state index in [9.17, 15) is 88.2 Å². The van der Waals surface area contributed by atoms with Crippen LogP contribution in [0.25, 0.3) is 0 Å². The van der Waals surface area contributed by atoms with Crippen LogP contribution in [0.5, 0.6) is 17.2 Å². The van der Waals surface area contributed by atoms with E-state index in [1.54, 1.807) is 0 Å². The normalized spacial score (nSPS) is 14.1. The molecular weight excluding hydrogens is 1150 g/mol. The number of carboxylic acids is 3. The van der Waals surface area contributed by atoms with Crippen molar-refractivity contribution in [2.75, 3.05) is 18.1 Å². The fourth-order valence-corrected chi connectivity index (χ4v) is 8.60. The number of hydrogen-bond acceptors (Lipinski definition) is 19. The van der Waals surface area contributed by atoms with Gasteiger partial charge in [0.15, 0.2) is 0 Å². The van der Waals surface area contributed by atoms with Crippen molar-refractivity contribution in [1.29, 1.82) is 0 Å². The number of aromatic hydroxyl groups is 3. The molecule has 464 valence electrons. The van der Waals surface area contributed by atoms with Crippen LogP contribution in [-0.4, -0.2) is 174 Å². The Morgan fingerprint density at radius 3 is 1.04 bits per heavy atom. The van der Waals surface area contributed by atoms with Crippen LogP contribution < -0.4 is 59.7 Å². The maximum absolute atomic E-state index is 14.3. The summed E-state index contributed by atoms with van der Waals surface area (Å²) >= 11 is 8.32. The summed E-state index contributed by atoms with van der Waals surface area (Å²) < 4.78 is 0. The van der Waals surface area contributed by atoms with E-state index in [2.05, 4.69) is 67.8 Å². The molecule has 0 saturated heterocycles. The zero-order valence-electron chi connectivity index (χ0n) is 45.9. The highest BCUT2D eigenvalue weighted by Gasteiger charge is 2.36. The Kier molecular flexibility index (Phi) is 30.0. The first-order valence-corrected chi connectivity index (χ1v) is 27.9. The summed E-state index contributed by atoms with van der Waals surface area (Å²) in [6.07, 6.45) is -4.13. The molecule has 0 aromatic heterocycles. The number of nitrogens with one attached hydrogen (secondary N) is 8. The van der Waals surface area contributed by atoms with E-state index in [-0.39, 0.29) is 68.1 Å². The molecule has 0 aliphatic carbocycles. The van der Waals surface area contributed by atoms with Crippen molar-refractivity contribution in [3.05, 3.63) is 89.5 Å². The lowest BCUT2D eigenvalue weighted by molar-refractivity contribution is -0.142. The lowest BCUT2D eigenvalue weighted by atomic mass is 10.0. The van der Waals surface area contributed by atoms with Crippen LogP contribution in [0.1, 0.15) is 74.5 Å². The number of phenols is 3. The van der Waals surface area contributed by atoms with Gasteiger partial charge in [-0.25, -0.2) is 4.79 Å². The van der Waals surface area contributed by atoms with Crippen LogP contribution in [0, 0.1) is 0 Å². The minimum absolute atomic E-state index is 0.00899. The molecule has 0 radical (unpaired) electrons. The Morgan fingerprint density at radius 2 is 0.682 bits per heavy atom. The summed E-state index contributed by atoms with van der Waals surface area (Å²) in [6.45, 7) is 0.103. The van der Waals surface area contributed by atoms with Crippen molar-refractivity contribution in [2.24, 2.45) is 17.2 Å². The highest BCUT2D eigenvalue weighted by atomic mass is 32.1. The number of rotatable bonds is 38. The summed E-state index contributed by atoms with van der Waals surface area (Å²) in [5.74, 6) is -14.6. The first kappa shape index (κ1) is 70.6. The summed E-state index contributed by atoms with van der Waals surface area (Å²) in [7, 11) is 0. The first-order chi connectivity index (χ1) is 40.2. The van der Waals surface area contributed by atoms with Crippen molar-refractivity contribution < 1.29 is 88.2 Å². The largest absolute Gasteiger partial charge is 0.508 e. The number of benzene rings is 3. The lowest BCUT2D eigenvalue weighted by Gasteiger charge is -2.28. The standard InChI is InChI=1S/C54H73N11O18S2/c55-22-2-1-3-35(58-49(77)37(17-20-44(70)71)60-48(76)36(16-19-43(57)69)61-52(80)41(26-84)64-46(74)34(56)23-28-4-10-31(66)11-5-28)47(75)59-38(18-21-45(72)73)50(78)62-39(24-29-6-12-32(67)13-7-29)51(79)65-42(27-85)53(81)63-40(54(82)83)25-30-8-14-33(68)15-9-30/h4-15,34-42,66-68,84-85H,1-3,16-27,55-56H2,(H2,57,69)(H,58,77)(H,59,75)(H,60,76)(H,61,80)(H,62,78)(H,63,81)(H,64,74)(H,65,79)(H,70,71)(H,72,73)(H,82,83)/t34-,35-,36-,37-,38-,39-,40-,41-,42-/m0/s1. The molecule has 9 atom stereocenters. The zero-order chi connectivity index (χ0) is 63.3. The van der Waals surface area contributed by atoms with Gasteiger partial charge in [0.25, 0.3) is 0 Å². The fourth-order valence-electron chi connectivity index (χ4n) is 8.09. The number of hydrogen-bond donors (Lipinski definition) is 19. The number of carboxylic acid groups (broad SMARTS) is 3. The number of thiol groups is 2. The van der Waals surface area contributed by atoms with Crippen LogP contribution in [0.3, 0.4) is 0 Å². The van der Waals surface area contributed by atoms with Crippen molar-refractivity contribution in [2.45, 2.75) is 131 Å². The maximum atomic E-state index is 14.3. The van der Waals surface area contributed by atoms with Gasteiger partial charge in [0.1, 0.15) is 65.6 Å². The van der Waals surface area contributed by atoms with E-state index in [0.29, 0.717) is 16.7 Å². The predicted molar refractivity (Wildman–Crippen MR) is 309 cm³/mol. The van der Waals surface area contributed by atoms with E-state index in [0.717, 1.165) is 0 Å². The van der Waals surface area contributed by atoms with Crippen LogP contribution in [0.15, 0.2) is 72.8 Å². The van der Waals surface area contributed by atoms with E-state index in [1.165, 1.54) is 72.8 Å². The van der Waals surface area contributed by atoms with Crippen LogP contribution in [0.4, 0.5) is 0 Å². The number of aliphatic carboxylic acids is 3. The number of unbranched alkanes of at least 4 members (excludes halogenated alkanes) is 1. The molecule has 31 heteroatoms. The van der Waals surface area contributed by atoms with E-state index in [1.807, 2.05) is 0 Å². The average molecular weight is 1230 g/mol. The number of amides is 9. The molecular formula is C54H73N11O18S2. The van der Waals surface area contributed by atoms with Gasteiger partial charge in [-0.2, -0.15) is 25.3 Å². The lowest BCUT2D eigenvalue weighted by Crippen LogP contribution is -2.61. The molecule has 0 aliphatic heterocycles. The molecule has 0 bridgehead atoms. The minimum atomic E-state index is -1.79. The SMILES string of the molecule is NCCCC[C@H](NC(=O)[C@H](CCC(=O)O)NC(=O)[C@H](CCC(N)=O)NC(=O)[C@H](CS)NC(=O)[C@@H](N)Cc1ccc(O)cc1)C(=O)N[C@@H](CCC(=O)O)C(=O)N[C@@H](Cc1ccc(O)cc1)C(=O)N[C@@H](CS)C(=O)N[C@@H](Cc1ccc(O)cc1)C(=O)O. The number of primary amides is 1. The second kappa shape index (κ2) is 36.1. The average Bonchev–Trinajstić information content (AvgIpc) is 3.67. The summed E-state index contributed by atoms with van der Waals surface area (Å²) in [6, 6.07) is 2.48. The molecule has 9 amide bonds. The predicted octanol–water partition coefficient (Wildman–Crippen LogP) is -2.89. The topological polar surface area (TPSA) is 501 Å². The van der Waals surface area contributed by atoms with Gasteiger partial charge in [0.2, 0.25) is 53.2 Å². The molecule has 20 N–H and O–H groups in total. The molecule has 3 aromatic carbocycles. The van der Waals surface area contributed by atoms with Gasteiger partial charge in [-0.1, -0.05) is 36.4 Å². The number of carbonyl (C=O) groups excluding carboxylic acids is 9. The molecule has 0 heterocycles. The van der Waals surface area contributed by atoms with Crippen LogP contribution in [-0.2, 0) is 76.8 Å². The molecule has 0 spiro atoms. The molecule has 85 heavy (non-hydrogen) atoms. The summed E-state index contributed by atoms with van der Waals surface area (Å²) in [4.78, 5) is 159. The molecule has 3 aromatic rings. The quantitative estimate of drug-likeness (QED) is 0.0202. The van der Waals surface area contributed by atoms with Crippen molar-refractivity contribution in [3.63, 3.8) is 0 Å². The third-order valence-corrected chi connectivity index (χ3v) is 13.5. The van der Waals surface area contributed by atoms with Crippen LogP contribution in [0.2, 0.25) is 0 Å². The monoisotopic (exact) mass is 1230 g/mol. The maximum Gasteiger partial charge on any atom is 0.326 e. The molecule has 29 nitrogen and oxygen atoms in total. The first-order valence-electron chi connectivity index (χ1n) is 26.6. The van der Waals surface area contributed by atoms with Gasteiger partial charge in [-0.15, -0.1) is 0 Å². The Balaban J connectivity index is 1.90. The zero-order valence-corrected chi connectivity index (χ0v) is 47.7. The smallest absolute Gasteiger partial charge is 0.326 e. The number of carbonyl (C=O) groups is 12. The second-order valence-electron chi connectivity index (χ2n) is 19.6. The Morgan fingerprint density at radius 1 is 0.388 bits per heavy atom. The van der Waals surface area contributed by atoms with Crippen molar-refractivity contribution in [1.82, 2.24) is 42.5 Å². The Hall–Kier alpha value is -8.68. The van der Waals surface area contributed by atoms with Crippen molar-refractivity contribution >= 4 is 96.3 Å². The highest BCUT2D eigenvalue weighted by Crippen LogP contribution is 2.16. The molecule has 3 rings (SSSR count). The Bertz CT molecular complexity index is 2800. The third kappa shape index (κ3) is 25.8. The van der Waals surface area contributed by atoms with Crippen molar-refractivity contribution in [3.8, 4) is 17.2 Å². The van der Waals surface area contributed by atoms with Gasteiger partial charge in [-0.05, 0) is 105 Å². The highest BCUT2D eigenvalue weighted by molar-refractivity contribution is 7.80. The van der Waals surface area contributed by atoms with Gasteiger partial charge < -0.3 is 90.4 Å². The fraction of sp³-hybridized carbons (Fsp3) is 0.444. The van der Waals surface area contributed by atoms with Gasteiger partial charge in [0, 0.05) is 43.6 Å². The number of phenolic OH excluding ortho intramolecular Hbond substituents is 3.